The molecule has 0 atom stereocenters. The number of hydrogen-bond acceptors (Lipinski definition) is 3. The average molecular weight is 967 g/mol. The topological polar surface area (TPSA) is 48.8 Å². The van der Waals surface area contributed by atoms with Crippen LogP contribution in [0.5, 0.6) is 11.5 Å². The zero-order valence-electron chi connectivity index (χ0n) is 42.5. The van der Waals surface area contributed by atoms with Crippen LogP contribution in [0.4, 0.5) is 0 Å². The van der Waals surface area contributed by atoms with Gasteiger partial charge in [0, 0.05) is 55.5 Å². The Hall–Kier alpha value is -6.88. The number of rotatable bonds is 8. The van der Waals surface area contributed by atoms with Crippen LogP contribution in [0.3, 0.4) is 0 Å². The summed E-state index contributed by atoms with van der Waals surface area (Å²) in [6.07, 6.45) is 5.09. The monoisotopic (exact) mass is 966 g/mol. The summed E-state index contributed by atoms with van der Waals surface area (Å²) in [5.41, 5.74) is 3.63. The predicted octanol–water partition coefficient (Wildman–Crippen LogP) is 12.1. The first-order valence-electron chi connectivity index (χ1n) is 23.9. The Labute approximate surface area is 378 Å². The number of aromatic nitrogens is 5. The van der Waals surface area contributed by atoms with E-state index in [1.807, 2.05) is 42.6 Å². The SMILES string of the molecule is [2H]c1c([2H])c([2H])c(-c2cccc(-c3c([2H])c([2H])c([2H])c([2H])c3[2H])c2-[n+]2[c-]n(-c3[c-]c(Oc4[c-]c5c(cc4)c4ccccc4n5-c4cc(C(C)(C)C)ccn4)ccc3)nc2-c2ccccc2)c([2H])c1[2H].[Pt]. The van der Waals surface area contributed by atoms with Crippen molar-refractivity contribution in [3.8, 4) is 62.3 Å². The van der Waals surface area contributed by atoms with Gasteiger partial charge < -0.3 is 13.9 Å². The van der Waals surface area contributed by atoms with E-state index >= 15 is 0 Å². The molecule has 10 rings (SSSR count). The van der Waals surface area contributed by atoms with Crippen molar-refractivity contribution in [1.82, 2.24) is 19.3 Å². The fourth-order valence-corrected chi connectivity index (χ4v) is 7.22. The summed E-state index contributed by atoms with van der Waals surface area (Å²) in [5, 5.41) is 6.99. The molecule has 0 aliphatic carbocycles. The van der Waals surface area contributed by atoms with Crippen LogP contribution in [0.25, 0.3) is 72.6 Å². The standard InChI is InChI=1S/C53H39N5O.Pt/c1-53(2,3)40-31-32-54-50(33-40)58-48-28-14-13-25-46(48)47-30-29-43(35-49(47)58)59-42-24-15-23-41(34-42)57-36-56(52(55-57)39-21-11-6-12-22-39)51-44(37-17-7-4-8-18-37)26-16-27-45(51)38-19-9-5-10-20-38;/h4-33H,1-3H3;/q-2;/i4D,5D,7D,8D,9D,10D,17D,18D,19D,20D;. The van der Waals surface area contributed by atoms with Gasteiger partial charge in [0.1, 0.15) is 5.82 Å². The Morgan fingerprint density at radius 3 is 2.03 bits per heavy atom. The molecule has 0 N–H and O–H groups in total. The van der Waals surface area contributed by atoms with Crippen LogP contribution in [0.15, 0.2) is 182 Å². The summed E-state index contributed by atoms with van der Waals surface area (Å²) in [7, 11) is 0. The molecule has 0 fully saturated rings. The number of ether oxygens (including phenoxy) is 1. The van der Waals surface area contributed by atoms with Crippen LogP contribution in [0.2, 0.25) is 0 Å². The minimum atomic E-state index is -0.588. The smallest absolute Gasteiger partial charge is 0.231 e. The Morgan fingerprint density at radius 1 is 0.650 bits per heavy atom. The van der Waals surface area contributed by atoms with E-state index in [0.717, 1.165) is 33.2 Å². The van der Waals surface area contributed by atoms with Crippen LogP contribution >= 0.6 is 0 Å². The molecule has 0 spiro atoms. The van der Waals surface area contributed by atoms with E-state index in [0.29, 0.717) is 22.7 Å². The second kappa shape index (κ2) is 16.0. The molecule has 0 aliphatic heterocycles. The zero-order chi connectivity index (χ0) is 48.6. The van der Waals surface area contributed by atoms with Crippen molar-refractivity contribution in [2.75, 3.05) is 0 Å². The molecule has 0 unspecified atom stereocenters. The second-order valence-corrected chi connectivity index (χ2v) is 14.8. The Balaban J connectivity index is 0.00000608. The fraction of sp³-hybridized carbons (Fsp3) is 0.0755. The molecule has 60 heavy (non-hydrogen) atoms. The van der Waals surface area contributed by atoms with Gasteiger partial charge in [-0.15, -0.1) is 29.7 Å². The molecular formula is C53H39N5OPt-2. The third kappa shape index (κ3) is 7.25. The molecule has 0 amide bonds. The number of pyridine rings is 1. The van der Waals surface area contributed by atoms with Gasteiger partial charge in [0.15, 0.2) is 0 Å². The summed E-state index contributed by atoms with van der Waals surface area (Å²) >= 11 is 0. The summed E-state index contributed by atoms with van der Waals surface area (Å²) in [6.45, 7) is 6.49. The van der Waals surface area contributed by atoms with Crippen molar-refractivity contribution in [2.45, 2.75) is 26.2 Å². The first kappa shape index (κ1) is 28.5. The Morgan fingerprint density at radius 2 is 1.32 bits per heavy atom. The van der Waals surface area contributed by atoms with Gasteiger partial charge >= 0.3 is 0 Å². The van der Waals surface area contributed by atoms with Gasteiger partial charge in [-0.25, -0.2) is 4.98 Å². The van der Waals surface area contributed by atoms with E-state index in [9.17, 15) is 0 Å². The van der Waals surface area contributed by atoms with E-state index in [1.54, 1.807) is 60.7 Å². The Bertz CT molecular complexity index is 3580. The van der Waals surface area contributed by atoms with Gasteiger partial charge in [-0.05, 0) is 67.6 Å². The van der Waals surface area contributed by atoms with Crippen molar-refractivity contribution in [2.24, 2.45) is 0 Å². The van der Waals surface area contributed by atoms with E-state index in [-0.39, 0.29) is 60.2 Å². The quantitative estimate of drug-likeness (QED) is 0.113. The molecule has 0 saturated heterocycles. The van der Waals surface area contributed by atoms with E-state index in [4.69, 9.17) is 28.5 Å². The van der Waals surface area contributed by atoms with E-state index in [2.05, 4.69) is 62.0 Å². The first-order chi connectivity index (χ1) is 33.0. The van der Waals surface area contributed by atoms with Gasteiger partial charge in [-0.2, -0.15) is 22.9 Å². The molecule has 7 aromatic carbocycles. The largest absolute Gasteiger partial charge is 0.510 e. The second-order valence-electron chi connectivity index (χ2n) is 14.8. The molecule has 10 aromatic rings. The molecule has 294 valence electrons. The maximum atomic E-state index is 9.02. The van der Waals surface area contributed by atoms with Crippen LogP contribution in [0.1, 0.15) is 40.0 Å². The number of benzene rings is 7. The number of nitrogens with zero attached hydrogens (tertiary/aromatic N) is 5. The van der Waals surface area contributed by atoms with Crippen molar-refractivity contribution >= 4 is 21.8 Å². The normalized spacial score (nSPS) is 13.8. The molecule has 0 radical (unpaired) electrons. The molecule has 0 bridgehead atoms. The molecule has 7 heteroatoms. The summed E-state index contributed by atoms with van der Waals surface area (Å²) in [6, 6.07) is 36.3. The number of fused-ring (bicyclic) bond motifs is 3. The fourth-order valence-electron chi connectivity index (χ4n) is 7.22. The molecule has 0 saturated carbocycles. The van der Waals surface area contributed by atoms with Gasteiger partial charge in [-0.3, -0.25) is 0 Å². The van der Waals surface area contributed by atoms with Gasteiger partial charge in [-0.1, -0.05) is 153 Å². The summed E-state index contributed by atoms with van der Waals surface area (Å²) in [5.74, 6) is 1.72. The van der Waals surface area contributed by atoms with Crippen LogP contribution in [-0.2, 0) is 26.5 Å². The zero-order valence-corrected chi connectivity index (χ0v) is 34.8. The van der Waals surface area contributed by atoms with Gasteiger partial charge in [0.05, 0.1) is 13.7 Å². The van der Waals surface area contributed by atoms with Crippen molar-refractivity contribution in [3.05, 3.63) is 206 Å². The minimum Gasteiger partial charge on any atom is -0.510 e. The Kier molecular flexibility index (Phi) is 7.63. The minimum absolute atomic E-state index is 0. The van der Waals surface area contributed by atoms with Crippen LogP contribution in [0, 0.1) is 18.5 Å². The summed E-state index contributed by atoms with van der Waals surface area (Å²) < 4.78 is 98.5. The van der Waals surface area contributed by atoms with Crippen LogP contribution in [-0.4, -0.2) is 19.3 Å². The average Bonchev–Trinajstić information content (AvgIpc) is 3.94. The molecule has 0 aliphatic rings. The van der Waals surface area contributed by atoms with E-state index in [1.165, 1.54) is 9.25 Å². The molecule has 3 heterocycles. The number of hydrogen-bond donors (Lipinski definition) is 0. The van der Waals surface area contributed by atoms with Gasteiger partial charge in [0.25, 0.3) is 0 Å². The molecular weight excluding hydrogens is 918 g/mol. The molecule has 3 aromatic heterocycles. The first-order valence-corrected chi connectivity index (χ1v) is 18.9. The van der Waals surface area contributed by atoms with Crippen LogP contribution < -0.4 is 9.30 Å². The number of para-hydroxylation sites is 2. The molecule has 6 nitrogen and oxygen atoms in total. The third-order valence-corrected chi connectivity index (χ3v) is 10.0. The maximum absolute atomic E-state index is 9.02. The van der Waals surface area contributed by atoms with Crippen molar-refractivity contribution < 1.29 is 44.1 Å². The van der Waals surface area contributed by atoms with E-state index < -0.39 is 60.4 Å². The van der Waals surface area contributed by atoms with Crippen molar-refractivity contribution in [3.63, 3.8) is 0 Å². The van der Waals surface area contributed by atoms with Crippen molar-refractivity contribution in [1.29, 1.82) is 0 Å². The third-order valence-electron chi connectivity index (χ3n) is 10.0. The predicted molar refractivity (Wildman–Crippen MR) is 235 cm³/mol. The summed E-state index contributed by atoms with van der Waals surface area (Å²) in [4.78, 5) is 4.79. The maximum Gasteiger partial charge on any atom is 0.231 e. The van der Waals surface area contributed by atoms with Gasteiger partial charge in [0.2, 0.25) is 12.2 Å².